The van der Waals surface area contributed by atoms with E-state index < -0.39 is 54.8 Å². The first-order valence-electron chi connectivity index (χ1n) is 7.40. The van der Waals surface area contributed by atoms with Crippen molar-refractivity contribution in [3.63, 3.8) is 0 Å². The Balaban J connectivity index is 1.95. The number of halogens is 4. The molecule has 0 saturated carbocycles. The summed E-state index contributed by atoms with van der Waals surface area (Å²) in [6.07, 6.45) is -3.62. The van der Waals surface area contributed by atoms with Gasteiger partial charge in [0.2, 0.25) is 15.4 Å². The van der Waals surface area contributed by atoms with Crippen molar-refractivity contribution >= 4 is 9.84 Å². The fraction of sp³-hybridized carbons (Fsp3) is 0.250. The van der Waals surface area contributed by atoms with Crippen LogP contribution in [0.4, 0.5) is 17.6 Å². The maximum Gasteiger partial charge on any atom is 0.384 e. The average molecular weight is 400 g/mol. The van der Waals surface area contributed by atoms with Crippen LogP contribution in [0.1, 0.15) is 22.9 Å². The van der Waals surface area contributed by atoms with Crippen LogP contribution in [0.15, 0.2) is 35.5 Å². The van der Waals surface area contributed by atoms with Gasteiger partial charge in [0, 0.05) is 23.4 Å². The second-order valence-corrected chi connectivity index (χ2v) is 8.02. The molecule has 0 bridgehead atoms. The van der Waals surface area contributed by atoms with Crippen LogP contribution in [0, 0.1) is 11.3 Å². The molecule has 0 fully saturated rings. The van der Waals surface area contributed by atoms with E-state index in [-0.39, 0.29) is 11.3 Å². The molecule has 2 aliphatic rings. The summed E-state index contributed by atoms with van der Waals surface area (Å²) in [4.78, 5) is 2.65. The topological polar surface area (TPSA) is 100 Å². The number of hydrogen-bond acceptors (Lipinski definition) is 6. The Morgan fingerprint density at radius 2 is 1.96 bits per heavy atom. The number of nitriles is 1. The highest BCUT2D eigenvalue weighted by Crippen LogP contribution is 2.65. The Morgan fingerprint density at radius 1 is 1.26 bits per heavy atom. The van der Waals surface area contributed by atoms with Crippen LogP contribution in [0.2, 0.25) is 0 Å². The number of alkyl halides is 4. The first-order chi connectivity index (χ1) is 12.6. The third-order valence-corrected chi connectivity index (χ3v) is 6.53. The first-order valence-corrected chi connectivity index (χ1v) is 8.89. The largest absolute Gasteiger partial charge is 0.455 e. The van der Waals surface area contributed by atoms with Gasteiger partial charge in [-0.2, -0.15) is 14.0 Å². The van der Waals surface area contributed by atoms with Crippen molar-refractivity contribution in [3.8, 4) is 17.6 Å². The number of nitrogens with zero attached hydrogens (tertiary/aromatic N) is 2. The monoisotopic (exact) mass is 400 g/mol. The van der Waals surface area contributed by atoms with Crippen molar-refractivity contribution in [1.82, 2.24) is 4.98 Å². The highest BCUT2D eigenvalue weighted by atomic mass is 32.2. The highest BCUT2D eigenvalue weighted by molar-refractivity contribution is 7.93. The molecule has 1 aromatic carbocycles. The van der Waals surface area contributed by atoms with Gasteiger partial charge < -0.3 is 9.84 Å². The summed E-state index contributed by atoms with van der Waals surface area (Å²) >= 11 is 0. The smallest absolute Gasteiger partial charge is 0.384 e. The first kappa shape index (κ1) is 17.7. The molecular weight excluding hydrogens is 392 g/mol. The van der Waals surface area contributed by atoms with E-state index in [1.165, 1.54) is 12.3 Å². The predicted molar refractivity (Wildman–Crippen MR) is 80.2 cm³/mol. The molecule has 4 rings (SSSR count). The quantitative estimate of drug-likeness (QED) is 0.778. The van der Waals surface area contributed by atoms with E-state index in [4.69, 9.17) is 10.00 Å². The number of hydrogen-bond donors (Lipinski definition) is 1. The van der Waals surface area contributed by atoms with E-state index in [0.29, 0.717) is 6.07 Å². The van der Waals surface area contributed by atoms with Crippen LogP contribution in [-0.4, -0.2) is 29.9 Å². The summed E-state index contributed by atoms with van der Waals surface area (Å²) in [6, 6.07) is 4.57. The van der Waals surface area contributed by atoms with Gasteiger partial charge in [-0.25, -0.2) is 17.2 Å². The van der Waals surface area contributed by atoms with Crippen LogP contribution in [0.3, 0.4) is 0 Å². The summed E-state index contributed by atoms with van der Waals surface area (Å²) < 4.78 is 87.0. The van der Waals surface area contributed by atoms with Crippen molar-refractivity contribution in [2.45, 2.75) is 28.1 Å². The maximum atomic E-state index is 14.5. The van der Waals surface area contributed by atoms with Crippen LogP contribution in [0.25, 0.3) is 0 Å². The summed E-state index contributed by atoms with van der Waals surface area (Å²) in [5, 5.41) is 14.1. The third kappa shape index (κ3) is 1.91. The van der Waals surface area contributed by atoms with Crippen LogP contribution in [0.5, 0.6) is 11.5 Å². The average Bonchev–Trinajstić information content (AvgIpc) is 2.91. The lowest BCUT2D eigenvalue weighted by molar-refractivity contribution is -0.170. The van der Waals surface area contributed by atoms with E-state index >= 15 is 0 Å². The Hall–Kier alpha value is -2.71. The summed E-state index contributed by atoms with van der Waals surface area (Å²) in [7, 11) is -5.42. The van der Waals surface area contributed by atoms with Gasteiger partial charge in [-0.3, -0.25) is 4.98 Å². The zero-order valence-electron chi connectivity index (χ0n) is 13.0. The van der Waals surface area contributed by atoms with Crippen molar-refractivity contribution < 1.29 is 35.8 Å². The van der Waals surface area contributed by atoms with E-state index in [2.05, 4.69) is 4.98 Å². The SMILES string of the molecule is N#Cc1cncc(Oc2ccc3c4c2[C@H](F)[C@@H](F)[C@@]4(O)C(F)(F)S3(=O)=O)c1. The van der Waals surface area contributed by atoms with Gasteiger partial charge in [0.1, 0.15) is 17.6 Å². The van der Waals surface area contributed by atoms with E-state index in [1.807, 2.05) is 0 Å². The maximum absolute atomic E-state index is 14.5. The molecule has 1 aliphatic carbocycles. The van der Waals surface area contributed by atoms with Crippen molar-refractivity contribution in [2.75, 3.05) is 0 Å². The lowest BCUT2D eigenvalue weighted by atomic mass is 9.95. The van der Waals surface area contributed by atoms with Crippen LogP contribution < -0.4 is 4.74 Å². The second kappa shape index (κ2) is 5.17. The van der Waals surface area contributed by atoms with E-state index in [9.17, 15) is 31.1 Å². The van der Waals surface area contributed by atoms with Gasteiger partial charge in [-0.15, -0.1) is 0 Å². The third-order valence-electron chi connectivity index (χ3n) is 4.62. The standard InChI is InChI=1S/C16H8F4N2O4S/c17-13-11-9(26-8-3-7(4-21)5-22-6-8)1-2-10-12(11)15(23,14(13)18)16(19,20)27(10,24)25/h1-3,5-6,13-14,23H/t13-,14+,15+/m0/s1. The Kier molecular flexibility index (Phi) is 3.39. The van der Waals surface area contributed by atoms with Crippen LogP contribution in [-0.2, 0) is 15.4 Å². The number of pyridine rings is 1. The zero-order valence-corrected chi connectivity index (χ0v) is 13.8. The summed E-state index contributed by atoms with van der Waals surface area (Å²) in [6.45, 7) is 0. The minimum absolute atomic E-state index is 0.0795. The molecule has 0 unspecified atom stereocenters. The number of ether oxygens (including phenoxy) is 1. The normalized spacial score (nSPS) is 29.2. The molecule has 6 nitrogen and oxygen atoms in total. The molecule has 0 radical (unpaired) electrons. The van der Waals surface area contributed by atoms with E-state index in [0.717, 1.165) is 12.3 Å². The predicted octanol–water partition coefficient (Wildman–Crippen LogP) is 2.68. The Morgan fingerprint density at radius 3 is 2.63 bits per heavy atom. The second-order valence-electron chi connectivity index (χ2n) is 6.06. The number of aliphatic hydroxyl groups is 1. The molecule has 27 heavy (non-hydrogen) atoms. The number of sulfone groups is 1. The molecule has 2 heterocycles. The Bertz CT molecular complexity index is 1130. The number of aromatic nitrogens is 1. The molecule has 3 atom stereocenters. The van der Waals surface area contributed by atoms with Gasteiger partial charge in [0.05, 0.1) is 16.7 Å². The molecule has 11 heteroatoms. The molecule has 0 saturated heterocycles. The highest BCUT2D eigenvalue weighted by Gasteiger charge is 2.78. The van der Waals surface area contributed by atoms with Crippen LogP contribution >= 0.6 is 0 Å². The molecule has 140 valence electrons. The van der Waals surface area contributed by atoms with E-state index in [1.54, 1.807) is 6.07 Å². The minimum atomic E-state index is -5.42. The van der Waals surface area contributed by atoms with Crippen molar-refractivity contribution in [3.05, 3.63) is 47.3 Å². The Labute approximate surface area is 149 Å². The molecule has 1 aromatic heterocycles. The van der Waals surface area contributed by atoms with Gasteiger partial charge in [-0.05, 0) is 12.1 Å². The molecule has 1 N–H and O–H groups in total. The fourth-order valence-electron chi connectivity index (χ4n) is 3.37. The molecular formula is C16H8F4N2O4S. The summed E-state index contributed by atoms with van der Waals surface area (Å²) in [5.41, 5.74) is -5.64. The van der Waals surface area contributed by atoms with Crippen molar-refractivity contribution in [2.24, 2.45) is 0 Å². The lowest BCUT2D eigenvalue weighted by Crippen LogP contribution is -2.50. The number of benzene rings is 1. The molecule has 0 spiro atoms. The van der Waals surface area contributed by atoms with Crippen molar-refractivity contribution in [1.29, 1.82) is 5.26 Å². The van der Waals surface area contributed by atoms with Gasteiger partial charge in [-0.1, -0.05) is 0 Å². The molecule has 0 amide bonds. The summed E-state index contributed by atoms with van der Waals surface area (Å²) in [5.74, 6) is -0.555. The zero-order chi connectivity index (χ0) is 19.8. The lowest BCUT2D eigenvalue weighted by Gasteiger charge is -2.27. The number of rotatable bonds is 2. The molecule has 2 aromatic rings. The molecule has 1 aliphatic heterocycles. The van der Waals surface area contributed by atoms with Gasteiger partial charge in [0.25, 0.3) is 0 Å². The van der Waals surface area contributed by atoms with Gasteiger partial charge >= 0.3 is 5.25 Å². The van der Waals surface area contributed by atoms with Gasteiger partial charge in [0.15, 0.2) is 12.3 Å². The fourth-order valence-corrected chi connectivity index (χ4v) is 5.05. The minimum Gasteiger partial charge on any atom is -0.455 e.